The molecule has 1 fully saturated rings. The van der Waals surface area contributed by atoms with Crippen LogP contribution in [0.3, 0.4) is 0 Å². The molecular formula is C12H15N3O5S. The van der Waals surface area contributed by atoms with Gasteiger partial charge in [0.25, 0.3) is 11.6 Å². The van der Waals surface area contributed by atoms with Gasteiger partial charge in [-0.05, 0) is 25.8 Å². The summed E-state index contributed by atoms with van der Waals surface area (Å²) in [5.41, 5.74) is -0.562. The minimum atomic E-state index is -4.15. The maximum atomic E-state index is 12.3. The average molecular weight is 313 g/mol. The van der Waals surface area contributed by atoms with Crippen LogP contribution in [0.15, 0.2) is 17.0 Å². The fraction of sp³-hybridized carbons (Fsp3) is 0.417. The maximum absolute atomic E-state index is 12.3. The summed E-state index contributed by atoms with van der Waals surface area (Å²) in [6, 6.07) is 2.29. The second-order valence-electron chi connectivity index (χ2n) is 5.07. The fourth-order valence-electron chi connectivity index (χ4n) is 2.11. The molecule has 1 aromatic rings. The van der Waals surface area contributed by atoms with E-state index in [0.29, 0.717) is 0 Å². The van der Waals surface area contributed by atoms with Crippen LogP contribution in [0.25, 0.3) is 0 Å². The Kier molecular flexibility index (Phi) is 3.72. The lowest BCUT2D eigenvalue weighted by Crippen LogP contribution is -2.29. The highest BCUT2D eigenvalue weighted by atomic mass is 32.2. The highest BCUT2D eigenvalue weighted by molar-refractivity contribution is 7.89. The number of hydrogen-bond acceptors (Lipinski definition) is 5. The Hall–Kier alpha value is -2.00. The molecular weight excluding hydrogens is 298 g/mol. The summed E-state index contributed by atoms with van der Waals surface area (Å²) in [7, 11) is -2.57. The van der Waals surface area contributed by atoms with Crippen LogP contribution in [0.2, 0.25) is 0 Å². The van der Waals surface area contributed by atoms with Crippen molar-refractivity contribution in [1.29, 1.82) is 0 Å². The molecule has 9 heteroatoms. The third-order valence-corrected chi connectivity index (χ3v) is 4.53. The first-order valence-corrected chi connectivity index (χ1v) is 7.76. The van der Waals surface area contributed by atoms with E-state index in [1.165, 1.54) is 11.8 Å². The smallest absolute Gasteiger partial charge is 0.274 e. The summed E-state index contributed by atoms with van der Waals surface area (Å²) in [6.45, 7) is 1.29. The molecule has 0 aromatic heterocycles. The van der Waals surface area contributed by atoms with Crippen molar-refractivity contribution in [2.45, 2.75) is 30.7 Å². The highest BCUT2D eigenvalue weighted by Crippen LogP contribution is 2.30. The predicted octanol–water partition coefficient (Wildman–Crippen LogP) is 0.785. The summed E-state index contributed by atoms with van der Waals surface area (Å²) >= 11 is 0. The zero-order valence-electron chi connectivity index (χ0n) is 11.6. The molecule has 1 aliphatic carbocycles. The molecule has 0 unspecified atom stereocenters. The van der Waals surface area contributed by atoms with Crippen LogP contribution in [-0.4, -0.2) is 37.2 Å². The largest absolute Gasteiger partial charge is 0.339 e. The molecule has 2 N–H and O–H groups in total. The molecule has 21 heavy (non-hydrogen) atoms. The van der Waals surface area contributed by atoms with Crippen LogP contribution in [0.5, 0.6) is 0 Å². The van der Waals surface area contributed by atoms with Gasteiger partial charge >= 0.3 is 0 Å². The molecule has 0 saturated heterocycles. The maximum Gasteiger partial charge on any atom is 0.274 e. The van der Waals surface area contributed by atoms with Crippen molar-refractivity contribution in [2.75, 3.05) is 7.05 Å². The number of nitrogens with zero attached hydrogens (tertiary/aromatic N) is 2. The number of primary sulfonamides is 1. The normalized spacial score (nSPS) is 14.8. The molecule has 0 heterocycles. The summed E-state index contributed by atoms with van der Waals surface area (Å²) in [6.07, 6.45) is 1.75. The Bertz CT molecular complexity index is 725. The van der Waals surface area contributed by atoms with Crippen LogP contribution in [-0.2, 0) is 10.0 Å². The van der Waals surface area contributed by atoms with Crippen molar-refractivity contribution in [2.24, 2.45) is 5.14 Å². The number of rotatable bonds is 4. The average Bonchev–Trinajstić information content (AvgIpc) is 3.19. The first-order valence-electron chi connectivity index (χ1n) is 6.22. The minimum Gasteiger partial charge on any atom is -0.339 e. The summed E-state index contributed by atoms with van der Waals surface area (Å²) in [5.74, 6) is -0.453. The number of sulfonamides is 1. The Labute approximate surface area is 121 Å². The van der Waals surface area contributed by atoms with Gasteiger partial charge in [-0.15, -0.1) is 0 Å². The lowest BCUT2D eigenvalue weighted by Gasteiger charge is -2.17. The molecule has 114 valence electrons. The van der Waals surface area contributed by atoms with Gasteiger partial charge in [-0.1, -0.05) is 0 Å². The van der Waals surface area contributed by atoms with Gasteiger partial charge in [-0.2, -0.15) is 0 Å². The standard InChI is InChI=1S/C12H15N3O5S/c1-7-10(15(17)18)5-8(6-11(7)21(13,19)20)12(16)14(2)9-3-4-9/h5-6,9H,3-4H2,1-2H3,(H2,13,19,20). The second-order valence-corrected chi connectivity index (χ2v) is 6.60. The molecule has 0 aliphatic heterocycles. The Morgan fingerprint density at radius 1 is 1.43 bits per heavy atom. The van der Waals surface area contributed by atoms with Gasteiger partial charge in [-0.25, -0.2) is 13.6 Å². The highest BCUT2D eigenvalue weighted by Gasteiger charge is 2.32. The van der Waals surface area contributed by atoms with Crippen molar-refractivity contribution >= 4 is 21.6 Å². The molecule has 1 aliphatic rings. The lowest BCUT2D eigenvalue weighted by molar-refractivity contribution is -0.385. The number of nitrogens with two attached hydrogens (primary N) is 1. The fourth-order valence-corrected chi connectivity index (χ4v) is 2.94. The number of carbonyl (C=O) groups excluding carboxylic acids is 1. The molecule has 0 atom stereocenters. The van der Waals surface area contributed by atoms with E-state index in [1.54, 1.807) is 7.05 Å². The molecule has 0 bridgehead atoms. The van der Waals surface area contributed by atoms with Gasteiger partial charge in [0.15, 0.2) is 0 Å². The van der Waals surface area contributed by atoms with Crippen LogP contribution in [0, 0.1) is 17.0 Å². The minimum absolute atomic E-state index is 0.0503. The van der Waals surface area contributed by atoms with Gasteiger partial charge in [-0.3, -0.25) is 14.9 Å². The first-order chi connectivity index (χ1) is 9.62. The molecule has 2 rings (SSSR count). The van der Waals surface area contributed by atoms with E-state index in [1.807, 2.05) is 0 Å². The number of benzene rings is 1. The van der Waals surface area contributed by atoms with Gasteiger partial charge < -0.3 is 4.90 Å². The molecule has 8 nitrogen and oxygen atoms in total. The van der Waals surface area contributed by atoms with E-state index < -0.39 is 31.4 Å². The number of hydrogen-bond donors (Lipinski definition) is 1. The first kappa shape index (κ1) is 15.4. The van der Waals surface area contributed by atoms with Crippen LogP contribution >= 0.6 is 0 Å². The third-order valence-electron chi connectivity index (χ3n) is 3.50. The van der Waals surface area contributed by atoms with Crippen molar-refractivity contribution in [3.63, 3.8) is 0 Å². The molecule has 0 spiro atoms. The van der Waals surface area contributed by atoms with Gasteiger partial charge in [0.1, 0.15) is 0 Å². The van der Waals surface area contributed by atoms with E-state index >= 15 is 0 Å². The number of nitro groups is 1. The number of nitro benzene ring substituents is 1. The summed E-state index contributed by atoms with van der Waals surface area (Å²) in [5, 5.41) is 16.1. The van der Waals surface area contributed by atoms with E-state index in [-0.39, 0.29) is 17.2 Å². The summed E-state index contributed by atoms with van der Waals surface area (Å²) < 4.78 is 23.1. The van der Waals surface area contributed by atoms with Gasteiger partial charge in [0, 0.05) is 30.3 Å². The lowest BCUT2D eigenvalue weighted by atomic mass is 10.1. The van der Waals surface area contributed by atoms with Crippen molar-refractivity contribution in [3.05, 3.63) is 33.4 Å². The summed E-state index contributed by atoms with van der Waals surface area (Å²) in [4.78, 5) is 23.6. The topological polar surface area (TPSA) is 124 Å². The zero-order chi connectivity index (χ0) is 15.9. The monoisotopic (exact) mass is 313 g/mol. The van der Waals surface area contributed by atoms with Gasteiger partial charge in [0.05, 0.1) is 9.82 Å². The molecule has 1 amide bonds. The Morgan fingerprint density at radius 2 is 2.00 bits per heavy atom. The van der Waals surface area contributed by atoms with Crippen LogP contribution in [0.1, 0.15) is 28.8 Å². The predicted molar refractivity (Wildman–Crippen MR) is 74.3 cm³/mol. The Morgan fingerprint density at radius 3 is 2.43 bits per heavy atom. The number of amides is 1. The molecule has 0 radical (unpaired) electrons. The molecule has 1 aromatic carbocycles. The van der Waals surface area contributed by atoms with Gasteiger partial charge in [0.2, 0.25) is 10.0 Å². The van der Waals surface area contributed by atoms with Crippen LogP contribution < -0.4 is 5.14 Å². The zero-order valence-corrected chi connectivity index (χ0v) is 12.4. The third kappa shape index (κ3) is 3.03. The SMILES string of the molecule is Cc1c([N+](=O)[O-])cc(C(=O)N(C)C2CC2)cc1S(N)(=O)=O. The van der Waals surface area contributed by atoms with Crippen LogP contribution in [0.4, 0.5) is 5.69 Å². The van der Waals surface area contributed by atoms with Crippen molar-refractivity contribution < 1.29 is 18.1 Å². The van der Waals surface area contributed by atoms with E-state index in [4.69, 9.17) is 5.14 Å². The van der Waals surface area contributed by atoms with E-state index in [0.717, 1.165) is 25.0 Å². The van der Waals surface area contributed by atoms with E-state index in [2.05, 4.69) is 0 Å². The quantitative estimate of drug-likeness (QED) is 0.650. The van der Waals surface area contributed by atoms with E-state index in [9.17, 15) is 23.3 Å². The van der Waals surface area contributed by atoms with Crippen molar-refractivity contribution in [1.82, 2.24) is 4.90 Å². The van der Waals surface area contributed by atoms with Crippen molar-refractivity contribution in [3.8, 4) is 0 Å². The second kappa shape index (κ2) is 5.08. The molecule has 1 saturated carbocycles. The Balaban J connectivity index is 2.59. The number of carbonyl (C=O) groups is 1.